The molecule has 1 aliphatic heterocycles. The van der Waals surface area contributed by atoms with Crippen molar-refractivity contribution in [3.05, 3.63) is 0 Å². The molecule has 1 heteroatoms. The van der Waals surface area contributed by atoms with Crippen LogP contribution in [0, 0.1) is 17.8 Å². The molecule has 3 rings (SSSR count). The zero-order valence-corrected chi connectivity index (χ0v) is 7.76. The third-order valence-corrected chi connectivity index (χ3v) is 4.46. The Balaban J connectivity index is 1.79. The molecular formula is C11H19N. The van der Waals surface area contributed by atoms with E-state index in [1.165, 1.54) is 32.2 Å². The molecule has 0 aromatic carbocycles. The van der Waals surface area contributed by atoms with Crippen molar-refractivity contribution in [1.82, 2.24) is 5.32 Å². The predicted octanol–water partition coefficient (Wildman–Crippen LogP) is 2.17. The molecule has 1 nitrogen and oxygen atoms in total. The average Bonchev–Trinajstić information content (AvgIpc) is 2.62. The van der Waals surface area contributed by atoms with Gasteiger partial charge in [0.05, 0.1) is 0 Å². The largest absolute Gasteiger partial charge is 0.314 e. The number of hydrogen-bond donors (Lipinski definition) is 1. The second kappa shape index (κ2) is 2.73. The highest BCUT2D eigenvalue weighted by molar-refractivity contribution is 4.99. The lowest BCUT2D eigenvalue weighted by atomic mass is 9.85. The monoisotopic (exact) mass is 165 g/mol. The summed E-state index contributed by atoms with van der Waals surface area (Å²) in [7, 11) is 0. The van der Waals surface area contributed by atoms with Crippen molar-refractivity contribution >= 4 is 0 Å². The van der Waals surface area contributed by atoms with Gasteiger partial charge in [-0.3, -0.25) is 0 Å². The quantitative estimate of drug-likeness (QED) is 0.580. The minimum Gasteiger partial charge on any atom is -0.314 e. The van der Waals surface area contributed by atoms with Gasteiger partial charge >= 0.3 is 0 Å². The van der Waals surface area contributed by atoms with Crippen LogP contribution in [0.4, 0.5) is 0 Å². The fraction of sp³-hybridized carbons (Fsp3) is 1.00. The minimum absolute atomic E-state index is 0.925. The molecule has 0 amide bonds. The summed E-state index contributed by atoms with van der Waals surface area (Å²) in [4.78, 5) is 0. The first-order valence-electron chi connectivity index (χ1n) is 5.68. The van der Waals surface area contributed by atoms with Crippen LogP contribution in [0.1, 0.15) is 38.5 Å². The molecule has 2 saturated carbocycles. The van der Waals surface area contributed by atoms with Crippen molar-refractivity contribution in [2.45, 2.75) is 44.6 Å². The maximum Gasteiger partial charge on any atom is 0.0101 e. The van der Waals surface area contributed by atoms with Crippen LogP contribution in [-0.2, 0) is 0 Å². The Labute approximate surface area is 74.9 Å². The Bertz CT molecular complexity index is 178. The van der Waals surface area contributed by atoms with Gasteiger partial charge in [-0.2, -0.15) is 0 Å². The summed E-state index contributed by atoms with van der Waals surface area (Å²) in [6.45, 7) is 1.29. The molecule has 0 spiro atoms. The van der Waals surface area contributed by atoms with Gasteiger partial charge < -0.3 is 5.32 Å². The van der Waals surface area contributed by atoms with Crippen LogP contribution in [0.2, 0.25) is 0 Å². The fourth-order valence-corrected chi connectivity index (χ4v) is 4.00. The highest BCUT2D eigenvalue weighted by Crippen LogP contribution is 2.49. The topological polar surface area (TPSA) is 12.0 Å². The first-order chi connectivity index (χ1) is 5.95. The number of fused-ring (bicyclic) bond motifs is 3. The fourth-order valence-electron chi connectivity index (χ4n) is 4.00. The molecule has 2 aliphatic carbocycles. The highest BCUT2D eigenvalue weighted by Gasteiger charge is 2.45. The normalized spacial score (nSPS) is 52.0. The van der Waals surface area contributed by atoms with E-state index in [0.29, 0.717) is 0 Å². The third-order valence-electron chi connectivity index (χ3n) is 4.46. The summed E-state index contributed by atoms with van der Waals surface area (Å²) in [6, 6.07) is 0.925. The van der Waals surface area contributed by atoms with Crippen LogP contribution < -0.4 is 5.32 Å². The molecule has 68 valence electrons. The molecule has 4 atom stereocenters. The zero-order valence-electron chi connectivity index (χ0n) is 7.76. The molecule has 0 aromatic rings. The molecule has 1 heterocycles. The van der Waals surface area contributed by atoms with E-state index >= 15 is 0 Å². The average molecular weight is 165 g/mol. The summed E-state index contributed by atoms with van der Waals surface area (Å²) < 4.78 is 0. The molecule has 0 aromatic heterocycles. The summed E-state index contributed by atoms with van der Waals surface area (Å²) in [5.41, 5.74) is 0. The van der Waals surface area contributed by atoms with Crippen LogP contribution in [0.5, 0.6) is 0 Å². The molecule has 1 N–H and O–H groups in total. The van der Waals surface area contributed by atoms with Crippen LogP contribution in [0.25, 0.3) is 0 Å². The van der Waals surface area contributed by atoms with Crippen molar-refractivity contribution in [3.63, 3.8) is 0 Å². The van der Waals surface area contributed by atoms with Gasteiger partial charge in [0.25, 0.3) is 0 Å². The third kappa shape index (κ3) is 0.953. The van der Waals surface area contributed by atoms with Crippen LogP contribution >= 0.6 is 0 Å². The SMILES string of the molecule is C1CC2CC3NCCCC3C2C1. The second-order valence-electron chi connectivity index (χ2n) is 4.96. The highest BCUT2D eigenvalue weighted by atomic mass is 14.9. The van der Waals surface area contributed by atoms with Crippen molar-refractivity contribution in [2.24, 2.45) is 17.8 Å². The van der Waals surface area contributed by atoms with Crippen LogP contribution in [0.15, 0.2) is 0 Å². The van der Waals surface area contributed by atoms with Crippen molar-refractivity contribution in [2.75, 3.05) is 6.54 Å². The van der Waals surface area contributed by atoms with E-state index in [-0.39, 0.29) is 0 Å². The van der Waals surface area contributed by atoms with E-state index in [9.17, 15) is 0 Å². The lowest BCUT2D eigenvalue weighted by Crippen LogP contribution is -2.39. The first-order valence-corrected chi connectivity index (χ1v) is 5.68. The number of hydrogen-bond acceptors (Lipinski definition) is 1. The lowest BCUT2D eigenvalue weighted by molar-refractivity contribution is 0.255. The van der Waals surface area contributed by atoms with E-state index in [0.717, 1.165) is 23.8 Å². The van der Waals surface area contributed by atoms with Gasteiger partial charge in [0.15, 0.2) is 0 Å². The predicted molar refractivity (Wildman–Crippen MR) is 50.0 cm³/mol. The van der Waals surface area contributed by atoms with Gasteiger partial charge in [-0.25, -0.2) is 0 Å². The van der Waals surface area contributed by atoms with Gasteiger partial charge in [-0.1, -0.05) is 12.8 Å². The molecule has 1 saturated heterocycles. The standard InChI is InChI=1S/C11H19N/c1-3-8-7-11-10(9(8)4-1)5-2-6-12-11/h8-12H,1-7H2. The Morgan fingerprint density at radius 1 is 0.917 bits per heavy atom. The van der Waals surface area contributed by atoms with E-state index in [1.807, 2.05) is 0 Å². The summed E-state index contributed by atoms with van der Waals surface area (Å²) in [5.74, 6) is 3.32. The van der Waals surface area contributed by atoms with E-state index < -0.39 is 0 Å². The smallest absolute Gasteiger partial charge is 0.0101 e. The van der Waals surface area contributed by atoms with Gasteiger partial charge in [-0.15, -0.1) is 0 Å². The molecule has 12 heavy (non-hydrogen) atoms. The van der Waals surface area contributed by atoms with Crippen LogP contribution in [0.3, 0.4) is 0 Å². The second-order valence-corrected chi connectivity index (χ2v) is 4.96. The maximum atomic E-state index is 3.71. The molecule has 0 radical (unpaired) electrons. The molecule has 3 aliphatic rings. The van der Waals surface area contributed by atoms with E-state index in [1.54, 1.807) is 12.8 Å². The Kier molecular flexibility index (Phi) is 1.68. The van der Waals surface area contributed by atoms with Crippen molar-refractivity contribution < 1.29 is 0 Å². The van der Waals surface area contributed by atoms with Gasteiger partial charge in [0.2, 0.25) is 0 Å². The summed E-state index contributed by atoms with van der Waals surface area (Å²) in [5, 5.41) is 3.71. The molecule has 4 unspecified atom stereocenters. The van der Waals surface area contributed by atoms with Gasteiger partial charge in [0.1, 0.15) is 0 Å². The molecular weight excluding hydrogens is 146 g/mol. The van der Waals surface area contributed by atoms with Crippen molar-refractivity contribution in [3.8, 4) is 0 Å². The molecule has 3 fully saturated rings. The Morgan fingerprint density at radius 2 is 1.83 bits per heavy atom. The number of piperidine rings is 1. The van der Waals surface area contributed by atoms with E-state index in [2.05, 4.69) is 5.32 Å². The Morgan fingerprint density at radius 3 is 2.83 bits per heavy atom. The number of nitrogens with one attached hydrogen (secondary N) is 1. The van der Waals surface area contributed by atoms with Gasteiger partial charge in [0, 0.05) is 6.04 Å². The minimum atomic E-state index is 0.925. The Hall–Kier alpha value is -0.0400. The molecule has 0 bridgehead atoms. The maximum absolute atomic E-state index is 3.71. The first kappa shape index (κ1) is 7.37. The van der Waals surface area contributed by atoms with Crippen molar-refractivity contribution in [1.29, 1.82) is 0 Å². The van der Waals surface area contributed by atoms with Gasteiger partial charge in [-0.05, 0) is 50.0 Å². The zero-order chi connectivity index (χ0) is 7.97. The summed E-state index contributed by atoms with van der Waals surface area (Å²) >= 11 is 0. The number of rotatable bonds is 0. The summed E-state index contributed by atoms with van der Waals surface area (Å²) in [6.07, 6.45) is 9.09. The van der Waals surface area contributed by atoms with E-state index in [4.69, 9.17) is 0 Å². The van der Waals surface area contributed by atoms with Crippen LogP contribution in [-0.4, -0.2) is 12.6 Å². The lowest BCUT2D eigenvalue weighted by Gasteiger charge is -2.29.